The summed E-state index contributed by atoms with van der Waals surface area (Å²) in [6.45, 7) is 2.43. The molecule has 0 saturated heterocycles. The molecule has 1 aromatic heterocycles. The normalized spacial score (nSPS) is 10.6. The summed E-state index contributed by atoms with van der Waals surface area (Å²) in [5, 5.41) is 0. The van der Waals surface area contributed by atoms with E-state index in [0.29, 0.717) is 12.4 Å². The molecule has 0 radical (unpaired) electrons. The van der Waals surface area contributed by atoms with E-state index < -0.39 is 0 Å². The first kappa shape index (κ1) is 10.4. The topological polar surface area (TPSA) is 52.0 Å². The largest absolute Gasteiger partial charge is 0.444 e. The Kier molecular flexibility index (Phi) is 2.88. The lowest BCUT2D eigenvalue weighted by molar-refractivity contribution is 0.572. The number of hydrogen-bond donors (Lipinski definition) is 1. The summed E-state index contributed by atoms with van der Waals surface area (Å²) in [4.78, 5) is 4.27. The van der Waals surface area contributed by atoms with Crippen LogP contribution in [0.5, 0.6) is 0 Å². The molecule has 2 N–H and O–H groups in total. The molecule has 0 spiro atoms. The van der Waals surface area contributed by atoms with E-state index in [2.05, 4.69) is 20.9 Å². The Morgan fingerprint density at radius 1 is 1.40 bits per heavy atom. The van der Waals surface area contributed by atoms with Gasteiger partial charge in [-0.3, -0.25) is 0 Å². The summed E-state index contributed by atoms with van der Waals surface area (Å²) in [7, 11) is 0. The van der Waals surface area contributed by atoms with Gasteiger partial charge in [-0.15, -0.1) is 0 Å². The van der Waals surface area contributed by atoms with Gasteiger partial charge in [-0.05, 0) is 30.7 Å². The zero-order valence-corrected chi connectivity index (χ0v) is 9.91. The molecule has 2 aromatic rings. The second kappa shape index (κ2) is 4.16. The highest BCUT2D eigenvalue weighted by Crippen LogP contribution is 2.24. The Morgan fingerprint density at radius 2 is 2.20 bits per heavy atom. The lowest BCUT2D eigenvalue weighted by Crippen LogP contribution is -1.95. The van der Waals surface area contributed by atoms with Crippen molar-refractivity contribution in [2.75, 3.05) is 0 Å². The van der Waals surface area contributed by atoms with Crippen molar-refractivity contribution >= 4 is 15.9 Å². The van der Waals surface area contributed by atoms with Gasteiger partial charge < -0.3 is 10.2 Å². The van der Waals surface area contributed by atoms with E-state index in [4.69, 9.17) is 10.2 Å². The van der Waals surface area contributed by atoms with Gasteiger partial charge in [0, 0.05) is 16.6 Å². The minimum absolute atomic E-state index is 0.399. The maximum atomic E-state index is 5.47. The zero-order valence-electron chi connectivity index (χ0n) is 8.33. The Balaban J connectivity index is 2.44. The number of nitrogens with two attached hydrogens (primary N) is 1. The van der Waals surface area contributed by atoms with Crippen LogP contribution >= 0.6 is 15.9 Å². The van der Waals surface area contributed by atoms with Gasteiger partial charge in [0.15, 0.2) is 0 Å². The fraction of sp³-hybridized carbons (Fsp3) is 0.182. The number of hydrogen-bond acceptors (Lipinski definition) is 3. The molecule has 0 aliphatic rings. The maximum absolute atomic E-state index is 5.47. The monoisotopic (exact) mass is 266 g/mol. The van der Waals surface area contributed by atoms with E-state index in [9.17, 15) is 0 Å². The van der Waals surface area contributed by atoms with Gasteiger partial charge in [0.05, 0.1) is 5.69 Å². The van der Waals surface area contributed by atoms with Crippen molar-refractivity contribution < 1.29 is 4.42 Å². The molecule has 0 fully saturated rings. The number of rotatable bonds is 2. The SMILES string of the molecule is Cc1cc(Br)cc(-c2nc(CN)co2)c1. The molecule has 0 aliphatic carbocycles. The highest BCUT2D eigenvalue weighted by atomic mass is 79.9. The van der Waals surface area contributed by atoms with Crippen LogP contribution in [0.2, 0.25) is 0 Å². The number of oxazole rings is 1. The number of halogens is 1. The fourth-order valence-corrected chi connectivity index (χ4v) is 2.00. The van der Waals surface area contributed by atoms with E-state index in [1.807, 2.05) is 25.1 Å². The molecule has 1 heterocycles. The Hall–Kier alpha value is -1.13. The quantitative estimate of drug-likeness (QED) is 0.910. The number of aromatic nitrogens is 1. The third kappa shape index (κ3) is 2.27. The smallest absolute Gasteiger partial charge is 0.226 e. The van der Waals surface area contributed by atoms with Crippen molar-refractivity contribution in [3.63, 3.8) is 0 Å². The molecule has 0 atom stereocenters. The predicted octanol–water partition coefficient (Wildman–Crippen LogP) is 2.87. The standard InChI is InChI=1S/C11H11BrN2O/c1-7-2-8(4-9(12)3-7)11-14-10(5-13)6-15-11/h2-4,6H,5,13H2,1H3. The number of aryl methyl sites for hydroxylation is 1. The molecular weight excluding hydrogens is 256 g/mol. The second-order valence-corrected chi connectivity index (χ2v) is 4.28. The molecule has 0 aliphatic heterocycles. The summed E-state index contributed by atoms with van der Waals surface area (Å²) in [5.41, 5.74) is 8.35. The van der Waals surface area contributed by atoms with Crippen molar-refractivity contribution in [1.29, 1.82) is 0 Å². The van der Waals surface area contributed by atoms with Gasteiger partial charge in [-0.1, -0.05) is 15.9 Å². The third-order valence-corrected chi connectivity index (χ3v) is 2.51. The lowest BCUT2D eigenvalue weighted by atomic mass is 10.1. The summed E-state index contributed by atoms with van der Waals surface area (Å²) in [6.07, 6.45) is 1.59. The summed E-state index contributed by atoms with van der Waals surface area (Å²) in [5.74, 6) is 0.611. The Labute approximate surface area is 96.4 Å². The minimum atomic E-state index is 0.399. The highest BCUT2D eigenvalue weighted by Gasteiger charge is 2.06. The number of nitrogens with zero attached hydrogens (tertiary/aromatic N) is 1. The van der Waals surface area contributed by atoms with Crippen LogP contribution in [-0.2, 0) is 6.54 Å². The second-order valence-electron chi connectivity index (χ2n) is 3.37. The molecule has 1 aromatic carbocycles. The maximum Gasteiger partial charge on any atom is 0.226 e. The molecule has 78 valence electrons. The van der Waals surface area contributed by atoms with Crippen LogP contribution in [0.1, 0.15) is 11.3 Å². The molecule has 0 bridgehead atoms. The van der Waals surface area contributed by atoms with Crippen LogP contribution in [-0.4, -0.2) is 4.98 Å². The van der Waals surface area contributed by atoms with Crippen molar-refractivity contribution in [3.8, 4) is 11.5 Å². The summed E-state index contributed by atoms with van der Waals surface area (Å²) >= 11 is 3.44. The van der Waals surface area contributed by atoms with Crippen molar-refractivity contribution in [1.82, 2.24) is 4.98 Å². The van der Waals surface area contributed by atoms with Gasteiger partial charge in [0.1, 0.15) is 6.26 Å². The van der Waals surface area contributed by atoms with Gasteiger partial charge >= 0.3 is 0 Å². The van der Waals surface area contributed by atoms with Crippen LogP contribution in [0.3, 0.4) is 0 Å². The van der Waals surface area contributed by atoms with Crippen LogP contribution in [0.4, 0.5) is 0 Å². The molecule has 4 heteroatoms. The Bertz CT molecular complexity index is 459. The third-order valence-electron chi connectivity index (χ3n) is 2.05. The minimum Gasteiger partial charge on any atom is -0.444 e. The van der Waals surface area contributed by atoms with E-state index in [1.165, 1.54) is 0 Å². The van der Waals surface area contributed by atoms with Crippen LogP contribution in [0.25, 0.3) is 11.5 Å². The first-order valence-electron chi connectivity index (χ1n) is 4.61. The van der Waals surface area contributed by atoms with Crippen LogP contribution < -0.4 is 5.73 Å². The Morgan fingerprint density at radius 3 is 2.80 bits per heavy atom. The lowest BCUT2D eigenvalue weighted by Gasteiger charge is -1.99. The van der Waals surface area contributed by atoms with Crippen molar-refractivity contribution in [2.45, 2.75) is 13.5 Å². The van der Waals surface area contributed by atoms with Gasteiger partial charge in [0.25, 0.3) is 0 Å². The summed E-state index contributed by atoms with van der Waals surface area (Å²) < 4.78 is 6.36. The first-order chi connectivity index (χ1) is 7.19. The average molecular weight is 267 g/mol. The molecule has 0 saturated carbocycles. The predicted molar refractivity (Wildman–Crippen MR) is 62.3 cm³/mol. The first-order valence-corrected chi connectivity index (χ1v) is 5.40. The summed E-state index contributed by atoms with van der Waals surface area (Å²) in [6, 6.07) is 6.03. The fourth-order valence-electron chi connectivity index (χ4n) is 1.39. The van der Waals surface area contributed by atoms with Crippen molar-refractivity contribution in [3.05, 3.63) is 40.2 Å². The number of benzene rings is 1. The molecule has 0 unspecified atom stereocenters. The zero-order chi connectivity index (χ0) is 10.8. The van der Waals surface area contributed by atoms with Gasteiger partial charge in [-0.2, -0.15) is 0 Å². The highest BCUT2D eigenvalue weighted by molar-refractivity contribution is 9.10. The van der Waals surface area contributed by atoms with Gasteiger partial charge in [0.2, 0.25) is 5.89 Å². The van der Waals surface area contributed by atoms with E-state index in [0.717, 1.165) is 21.3 Å². The molecular formula is C11H11BrN2O. The van der Waals surface area contributed by atoms with E-state index in [-0.39, 0.29) is 0 Å². The van der Waals surface area contributed by atoms with Crippen molar-refractivity contribution in [2.24, 2.45) is 5.73 Å². The van der Waals surface area contributed by atoms with E-state index in [1.54, 1.807) is 6.26 Å². The molecule has 15 heavy (non-hydrogen) atoms. The van der Waals surface area contributed by atoms with Gasteiger partial charge in [-0.25, -0.2) is 4.98 Å². The molecule has 0 amide bonds. The van der Waals surface area contributed by atoms with Crippen LogP contribution in [0, 0.1) is 6.92 Å². The van der Waals surface area contributed by atoms with Crippen LogP contribution in [0.15, 0.2) is 33.4 Å². The van der Waals surface area contributed by atoms with E-state index >= 15 is 0 Å². The molecule has 2 rings (SSSR count). The average Bonchev–Trinajstić information content (AvgIpc) is 2.64. The molecule has 3 nitrogen and oxygen atoms in total.